The number of likely N-dealkylation sites (N-methyl/N-ethyl adjacent to an activating group) is 1. The van der Waals surface area contributed by atoms with Crippen LogP contribution >= 0.6 is 0 Å². The minimum Gasteiger partial charge on any atom is -0.493 e. The van der Waals surface area contributed by atoms with Gasteiger partial charge in [-0.25, -0.2) is 0 Å². The molecule has 0 radical (unpaired) electrons. The molecule has 0 heterocycles. The first-order chi connectivity index (χ1) is 14.3. The Morgan fingerprint density at radius 1 is 1.03 bits per heavy atom. The summed E-state index contributed by atoms with van der Waals surface area (Å²) < 4.78 is 10.9. The van der Waals surface area contributed by atoms with Crippen LogP contribution in [0.5, 0.6) is 11.5 Å². The van der Waals surface area contributed by atoms with Crippen molar-refractivity contribution >= 4 is 11.8 Å². The quantitative estimate of drug-likeness (QED) is 0.626. The van der Waals surface area contributed by atoms with Crippen LogP contribution in [0.3, 0.4) is 0 Å². The van der Waals surface area contributed by atoms with Gasteiger partial charge in [0.2, 0.25) is 0 Å². The highest BCUT2D eigenvalue weighted by Gasteiger charge is 2.17. The number of benzene rings is 2. The van der Waals surface area contributed by atoms with Crippen LogP contribution in [0.15, 0.2) is 48.5 Å². The minimum absolute atomic E-state index is 0.0379. The van der Waals surface area contributed by atoms with Gasteiger partial charge in [0.25, 0.3) is 11.8 Å². The van der Waals surface area contributed by atoms with Crippen molar-refractivity contribution in [3.8, 4) is 11.5 Å². The van der Waals surface area contributed by atoms with E-state index in [1.54, 1.807) is 18.2 Å². The van der Waals surface area contributed by atoms with E-state index in [0.29, 0.717) is 23.6 Å². The van der Waals surface area contributed by atoms with Crippen molar-refractivity contribution in [3.05, 3.63) is 59.7 Å². The highest BCUT2D eigenvalue weighted by Crippen LogP contribution is 2.28. The van der Waals surface area contributed by atoms with Crippen LogP contribution < -0.4 is 20.1 Å². The molecule has 7 nitrogen and oxygen atoms in total. The molecule has 0 aliphatic heterocycles. The van der Waals surface area contributed by atoms with E-state index in [-0.39, 0.29) is 30.5 Å². The van der Waals surface area contributed by atoms with Gasteiger partial charge in [0.1, 0.15) is 0 Å². The van der Waals surface area contributed by atoms with Crippen molar-refractivity contribution in [2.75, 3.05) is 34.4 Å². The number of ether oxygens (including phenoxy) is 2. The number of amides is 2. The number of methoxy groups -OCH3 is 1. The lowest BCUT2D eigenvalue weighted by Crippen LogP contribution is -2.34. The fourth-order valence-corrected chi connectivity index (χ4v) is 3.00. The molecule has 0 fully saturated rings. The zero-order chi connectivity index (χ0) is 22.1. The van der Waals surface area contributed by atoms with Crippen molar-refractivity contribution in [1.29, 1.82) is 0 Å². The Balaban J connectivity index is 2.02. The van der Waals surface area contributed by atoms with Crippen LogP contribution in [0.4, 0.5) is 0 Å². The van der Waals surface area contributed by atoms with Crippen molar-refractivity contribution < 1.29 is 19.1 Å². The number of hydrogen-bond donors (Lipinski definition) is 2. The summed E-state index contributed by atoms with van der Waals surface area (Å²) in [6.45, 7) is 4.10. The van der Waals surface area contributed by atoms with Gasteiger partial charge < -0.3 is 25.0 Å². The van der Waals surface area contributed by atoms with Crippen molar-refractivity contribution in [3.63, 3.8) is 0 Å². The van der Waals surface area contributed by atoms with E-state index in [1.807, 2.05) is 58.3 Å². The number of hydrogen-bond acceptors (Lipinski definition) is 5. The molecule has 0 saturated carbocycles. The van der Waals surface area contributed by atoms with Crippen molar-refractivity contribution in [1.82, 2.24) is 15.5 Å². The standard InChI is InChI=1S/C23H31N3O4/c1-16(2)25-22(27)15-30-20-12-11-18(13-21(20)29-5)23(28)24-14-19(26(3)4)17-9-7-6-8-10-17/h6-13,16,19H,14-15H2,1-5H3,(H,24,28)(H,25,27). The summed E-state index contributed by atoms with van der Waals surface area (Å²) in [5, 5.41) is 5.74. The zero-order valence-electron chi connectivity index (χ0n) is 18.3. The first kappa shape index (κ1) is 23.2. The van der Waals surface area contributed by atoms with Crippen molar-refractivity contribution in [2.45, 2.75) is 25.9 Å². The predicted molar refractivity (Wildman–Crippen MR) is 117 cm³/mol. The summed E-state index contributed by atoms with van der Waals surface area (Å²) in [5.41, 5.74) is 1.58. The Morgan fingerprint density at radius 2 is 1.73 bits per heavy atom. The van der Waals surface area contributed by atoms with E-state index in [4.69, 9.17) is 9.47 Å². The Kier molecular flexibility index (Phi) is 8.68. The molecule has 2 amide bonds. The third-order valence-corrected chi connectivity index (χ3v) is 4.50. The Hall–Kier alpha value is -3.06. The lowest BCUT2D eigenvalue weighted by molar-refractivity contribution is -0.123. The summed E-state index contributed by atoms with van der Waals surface area (Å²) in [7, 11) is 5.46. The highest BCUT2D eigenvalue weighted by atomic mass is 16.5. The maximum absolute atomic E-state index is 12.7. The molecule has 0 saturated heterocycles. The van der Waals surface area contributed by atoms with Gasteiger partial charge in [-0.1, -0.05) is 30.3 Å². The van der Waals surface area contributed by atoms with E-state index >= 15 is 0 Å². The molecular formula is C23H31N3O4. The first-order valence-electron chi connectivity index (χ1n) is 9.91. The van der Waals surface area contributed by atoms with Crippen LogP contribution in [0.2, 0.25) is 0 Å². The molecule has 0 aromatic heterocycles. The van der Waals surface area contributed by atoms with Gasteiger partial charge in [0, 0.05) is 18.2 Å². The van der Waals surface area contributed by atoms with Crippen LogP contribution in [-0.4, -0.2) is 57.1 Å². The maximum atomic E-state index is 12.7. The molecule has 2 aromatic rings. The van der Waals surface area contributed by atoms with E-state index in [0.717, 1.165) is 5.56 Å². The highest BCUT2D eigenvalue weighted by molar-refractivity contribution is 5.95. The summed E-state index contributed by atoms with van der Waals surface area (Å²) in [6, 6.07) is 15.0. The SMILES string of the molecule is COc1cc(C(=O)NCC(c2ccccc2)N(C)C)ccc1OCC(=O)NC(C)C. The van der Waals surface area contributed by atoms with Gasteiger partial charge in [0.05, 0.1) is 13.2 Å². The van der Waals surface area contributed by atoms with Crippen LogP contribution in [0, 0.1) is 0 Å². The van der Waals surface area contributed by atoms with Gasteiger partial charge >= 0.3 is 0 Å². The van der Waals surface area contributed by atoms with E-state index in [9.17, 15) is 9.59 Å². The van der Waals surface area contributed by atoms with Gasteiger partial charge in [0.15, 0.2) is 18.1 Å². The monoisotopic (exact) mass is 413 g/mol. The zero-order valence-corrected chi connectivity index (χ0v) is 18.3. The lowest BCUT2D eigenvalue weighted by atomic mass is 10.1. The summed E-state index contributed by atoms with van der Waals surface area (Å²) in [6.07, 6.45) is 0. The Morgan fingerprint density at radius 3 is 2.33 bits per heavy atom. The summed E-state index contributed by atoms with van der Waals surface area (Å²) in [4.78, 5) is 26.5. The second-order valence-corrected chi connectivity index (χ2v) is 7.48. The first-order valence-corrected chi connectivity index (χ1v) is 9.91. The minimum atomic E-state index is -0.218. The Labute approximate surface area is 178 Å². The fourth-order valence-electron chi connectivity index (χ4n) is 3.00. The maximum Gasteiger partial charge on any atom is 0.258 e. The molecule has 1 unspecified atom stereocenters. The molecule has 0 spiro atoms. The molecule has 0 aliphatic carbocycles. The average Bonchev–Trinajstić information content (AvgIpc) is 2.72. The molecule has 7 heteroatoms. The van der Waals surface area contributed by atoms with Gasteiger partial charge in [-0.3, -0.25) is 9.59 Å². The summed E-state index contributed by atoms with van der Waals surface area (Å²) in [5.74, 6) is 0.375. The average molecular weight is 414 g/mol. The lowest BCUT2D eigenvalue weighted by Gasteiger charge is -2.25. The van der Waals surface area contributed by atoms with E-state index < -0.39 is 0 Å². The molecule has 0 bridgehead atoms. The van der Waals surface area contributed by atoms with Gasteiger partial charge in [-0.05, 0) is 51.7 Å². The van der Waals surface area contributed by atoms with Crippen molar-refractivity contribution in [2.24, 2.45) is 0 Å². The van der Waals surface area contributed by atoms with Crippen LogP contribution in [-0.2, 0) is 4.79 Å². The van der Waals surface area contributed by atoms with Crippen LogP contribution in [0.1, 0.15) is 35.8 Å². The Bertz CT molecular complexity index is 838. The molecule has 0 aliphatic rings. The largest absolute Gasteiger partial charge is 0.493 e. The topological polar surface area (TPSA) is 79.9 Å². The van der Waals surface area contributed by atoms with Crippen LogP contribution in [0.25, 0.3) is 0 Å². The second-order valence-electron chi connectivity index (χ2n) is 7.48. The molecule has 2 aromatic carbocycles. The molecule has 30 heavy (non-hydrogen) atoms. The number of carbonyl (C=O) groups excluding carboxylic acids is 2. The number of rotatable bonds is 10. The van der Waals surface area contributed by atoms with E-state index in [1.165, 1.54) is 7.11 Å². The molecule has 162 valence electrons. The molecular weight excluding hydrogens is 382 g/mol. The number of nitrogens with zero attached hydrogens (tertiary/aromatic N) is 1. The number of carbonyl (C=O) groups is 2. The fraction of sp³-hybridized carbons (Fsp3) is 0.391. The third-order valence-electron chi connectivity index (χ3n) is 4.50. The molecule has 1 atom stereocenters. The summed E-state index contributed by atoms with van der Waals surface area (Å²) >= 11 is 0. The normalized spacial score (nSPS) is 11.8. The third kappa shape index (κ3) is 6.77. The molecule has 2 rings (SSSR count). The smallest absolute Gasteiger partial charge is 0.258 e. The van der Waals surface area contributed by atoms with Gasteiger partial charge in [-0.15, -0.1) is 0 Å². The van der Waals surface area contributed by atoms with E-state index in [2.05, 4.69) is 15.5 Å². The number of nitrogens with one attached hydrogen (secondary N) is 2. The second kappa shape index (κ2) is 11.2. The van der Waals surface area contributed by atoms with Gasteiger partial charge in [-0.2, -0.15) is 0 Å². The predicted octanol–water partition coefficient (Wildman–Crippen LogP) is 2.63. The molecule has 2 N–H and O–H groups in total.